The van der Waals surface area contributed by atoms with Crippen molar-refractivity contribution in [3.05, 3.63) is 0 Å². The second-order valence-corrected chi connectivity index (χ2v) is 8.38. The molecule has 0 spiro atoms. The van der Waals surface area contributed by atoms with Crippen molar-refractivity contribution >= 4 is 23.7 Å². The highest BCUT2D eigenvalue weighted by Gasteiger charge is 2.30. The lowest BCUT2D eigenvalue weighted by Crippen LogP contribution is -2.57. The molecule has 10 nitrogen and oxygen atoms in total. The van der Waals surface area contributed by atoms with Gasteiger partial charge < -0.3 is 32.5 Å². The largest absolute Gasteiger partial charge is 0.480 e. The van der Waals surface area contributed by atoms with Gasteiger partial charge >= 0.3 is 5.97 Å². The van der Waals surface area contributed by atoms with Crippen molar-refractivity contribution < 1.29 is 24.3 Å². The zero-order chi connectivity index (χ0) is 23.4. The predicted molar refractivity (Wildman–Crippen MR) is 114 cm³/mol. The maximum Gasteiger partial charge on any atom is 0.326 e. The van der Waals surface area contributed by atoms with Gasteiger partial charge in [0.1, 0.15) is 18.1 Å². The molecule has 0 aromatic heterocycles. The molecule has 4 atom stereocenters. The predicted octanol–water partition coefficient (Wildman–Crippen LogP) is -0.296. The van der Waals surface area contributed by atoms with E-state index in [1.807, 2.05) is 13.8 Å². The molecule has 174 valence electrons. The summed E-state index contributed by atoms with van der Waals surface area (Å²) in [6, 6.07) is -3.63. The molecule has 0 rings (SSSR count). The third kappa shape index (κ3) is 10.5. The molecular weight excluding hydrogens is 390 g/mol. The Morgan fingerprint density at radius 3 is 1.93 bits per heavy atom. The van der Waals surface area contributed by atoms with E-state index in [-0.39, 0.29) is 18.3 Å². The molecule has 10 heteroatoms. The zero-order valence-corrected chi connectivity index (χ0v) is 18.7. The fraction of sp³-hybridized carbons (Fsp3) is 0.800. The van der Waals surface area contributed by atoms with Crippen LogP contribution in [0, 0.1) is 11.8 Å². The summed E-state index contributed by atoms with van der Waals surface area (Å²) >= 11 is 0. The van der Waals surface area contributed by atoms with E-state index in [2.05, 4.69) is 16.0 Å². The van der Waals surface area contributed by atoms with Gasteiger partial charge in [-0.25, -0.2) is 4.79 Å². The highest BCUT2D eigenvalue weighted by atomic mass is 16.4. The Morgan fingerprint density at radius 2 is 1.47 bits per heavy atom. The maximum absolute atomic E-state index is 12.6. The average molecular weight is 430 g/mol. The van der Waals surface area contributed by atoms with Crippen LogP contribution >= 0.6 is 0 Å². The first-order valence-corrected chi connectivity index (χ1v) is 10.5. The molecule has 4 unspecified atom stereocenters. The van der Waals surface area contributed by atoms with E-state index in [1.54, 1.807) is 13.8 Å². The number of nitrogens with two attached hydrogens (primary N) is 2. The van der Waals surface area contributed by atoms with Crippen molar-refractivity contribution in [2.24, 2.45) is 23.3 Å². The number of aliphatic carboxylic acids is 1. The van der Waals surface area contributed by atoms with Gasteiger partial charge in [-0.1, -0.05) is 34.1 Å². The van der Waals surface area contributed by atoms with Gasteiger partial charge in [0.25, 0.3) is 0 Å². The zero-order valence-electron chi connectivity index (χ0n) is 18.7. The fourth-order valence-electron chi connectivity index (χ4n) is 2.79. The van der Waals surface area contributed by atoms with Gasteiger partial charge in [0.15, 0.2) is 0 Å². The van der Waals surface area contributed by atoms with Crippen LogP contribution in [0.15, 0.2) is 0 Å². The van der Waals surface area contributed by atoms with Crippen LogP contribution in [0.2, 0.25) is 0 Å². The number of carboxylic acids is 1. The second kappa shape index (κ2) is 13.9. The smallest absolute Gasteiger partial charge is 0.326 e. The summed E-state index contributed by atoms with van der Waals surface area (Å²) in [4.78, 5) is 48.6. The molecule has 0 aliphatic rings. The van der Waals surface area contributed by atoms with Crippen molar-refractivity contribution in [1.29, 1.82) is 0 Å². The quantitative estimate of drug-likeness (QED) is 0.205. The van der Waals surface area contributed by atoms with E-state index in [1.165, 1.54) is 6.92 Å². The SMILES string of the molecule is CC(C)CC(NC(=O)C(NC(=O)C(C)NC(=O)C(N)CCCCN)C(C)C)C(=O)O. The summed E-state index contributed by atoms with van der Waals surface area (Å²) < 4.78 is 0. The number of rotatable bonds is 14. The third-order valence-electron chi connectivity index (χ3n) is 4.63. The van der Waals surface area contributed by atoms with Crippen LogP contribution in [0.4, 0.5) is 0 Å². The highest BCUT2D eigenvalue weighted by molar-refractivity contribution is 5.94. The van der Waals surface area contributed by atoms with Crippen molar-refractivity contribution in [1.82, 2.24) is 16.0 Å². The molecular formula is C20H39N5O5. The van der Waals surface area contributed by atoms with Crippen molar-refractivity contribution in [3.8, 4) is 0 Å². The normalized spacial score (nSPS) is 15.2. The molecule has 30 heavy (non-hydrogen) atoms. The van der Waals surface area contributed by atoms with E-state index < -0.39 is 47.9 Å². The Labute approximate surface area is 178 Å². The second-order valence-electron chi connectivity index (χ2n) is 8.38. The summed E-state index contributed by atoms with van der Waals surface area (Å²) in [6.45, 7) is 9.20. The molecule has 0 aromatic rings. The minimum Gasteiger partial charge on any atom is -0.480 e. The number of amides is 3. The Morgan fingerprint density at radius 1 is 0.867 bits per heavy atom. The minimum absolute atomic E-state index is 0.0720. The topological polar surface area (TPSA) is 177 Å². The van der Waals surface area contributed by atoms with E-state index in [9.17, 15) is 24.3 Å². The van der Waals surface area contributed by atoms with Gasteiger partial charge in [0, 0.05) is 0 Å². The van der Waals surface area contributed by atoms with Crippen LogP contribution in [0.25, 0.3) is 0 Å². The molecule has 8 N–H and O–H groups in total. The highest BCUT2D eigenvalue weighted by Crippen LogP contribution is 2.08. The van der Waals surface area contributed by atoms with Crippen molar-refractivity contribution in [2.75, 3.05) is 6.54 Å². The summed E-state index contributed by atoms with van der Waals surface area (Å²) in [5.41, 5.74) is 11.2. The lowest BCUT2D eigenvalue weighted by molar-refractivity contribution is -0.143. The molecule has 0 radical (unpaired) electrons. The Balaban J connectivity index is 4.91. The van der Waals surface area contributed by atoms with Gasteiger partial charge in [-0.2, -0.15) is 0 Å². The first kappa shape index (κ1) is 27.8. The molecule has 0 aliphatic heterocycles. The monoisotopic (exact) mass is 429 g/mol. The number of hydrogen-bond acceptors (Lipinski definition) is 6. The Kier molecular flexibility index (Phi) is 12.9. The molecule has 0 heterocycles. The summed E-state index contributed by atoms with van der Waals surface area (Å²) in [6.07, 6.45) is 2.20. The van der Waals surface area contributed by atoms with Gasteiger partial charge in [-0.05, 0) is 44.6 Å². The molecule has 0 aromatic carbocycles. The lowest BCUT2D eigenvalue weighted by Gasteiger charge is -2.26. The van der Waals surface area contributed by atoms with Gasteiger partial charge in [0.05, 0.1) is 6.04 Å². The van der Waals surface area contributed by atoms with Crippen LogP contribution in [0.1, 0.15) is 60.3 Å². The number of carboxylic acid groups (broad SMARTS) is 1. The van der Waals surface area contributed by atoms with E-state index in [0.717, 1.165) is 6.42 Å². The molecule has 3 amide bonds. The van der Waals surface area contributed by atoms with Crippen LogP contribution in [0.5, 0.6) is 0 Å². The number of nitrogens with one attached hydrogen (secondary N) is 3. The molecule has 0 saturated heterocycles. The van der Waals surface area contributed by atoms with Gasteiger partial charge in [0.2, 0.25) is 17.7 Å². The first-order valence-electron chi connectivity index (χ1n) is 10.5. The first-order chi connectivity index (χ1) is 13.9. The van der Waals surface area contributed by atoms with Crippen LogP contribution < -0.4 is 27.4 Å². The van der Waals surface area contributed by atoms with E-state index in [0.29, 0.717) is 19.4 Å². The molecule has 0 saturated carbocycles. The maximum atomic E-state index is 12.6. The standard InChI is InChI=1S/C20H39N5O5/c1-11(2)10-15(20(29)30)24-19(28)16(12(3)4)25-17(26)13(5)23-18(27)14(22)8-6-7-9-21/h11-16H,6-10,21-22H2,1-5H3,(H,23,27)(H,24,28)(H,25,26)(H,29,30). The summed E-state index contributed by atoms with van der Waals surface area (Å²) in [5, 5.41) is 16.9. The average Bonchev–Trinajstić information content (AvgIpc) is 2.64. The van der Waals surface area contributed by atoms with Crippen LogP contribution in [0.3, 0.4) is 0 Å². The third-order valence-corrected chi connectivity index (χ3v) is 4.63. The van der Waals surface area contributed by atoms with E-state index >= 15 is 0 Å². The lowest BCUT2D eigenvalue weighted by atomic mass is 10.00. The summed E-state index contributed by atoms with van der Waals surface area (Å²) in [7, 11) is 0. The van der Waals surface area contributed by atoms with Crippen molar-refractivity contribution in [2.45, 2.75) is 84.5 Å². The number of carbonyl (C=O) groups is 4. The van der Waals surface area contributed by atoms with E-state index in [4.69, 9.17) is 11.5 Å². The number of unbranched alkanes of at least 4 members (excludes halogenated alkanes) is 1. The number of carbonyl (C=O) groups excluding carboxylic acids is 3. The Bertz CT molecular complexity index is 582. The molecule has 0 bridgehead atoms. The molecule has 0 aliphatic carbocycles. The molecule has 0 fully saturated rings. The summed E-state index contributed by atoms with van der Waals surface area (Å²) in [5.74, 6) is -2.93. The van der Waals surface area contributed by atoms with Crippen LogP contribution in [-0.2, 0) is 19.2 Å². The number of hydrogen-bond donors (Lipinski definition) is 6. The fourth-order valence-corrected chi connectivity index (χ4v) is 2.79. The van der Waals surface area contributed by atoms with Gasteiger partial charge in [-0.15, -0.1) is 0 Å². The van der Waals surface area contributed by atoms with Crippen molar-refractivity contribution in [3.63, 3.8) is 0 Å². The van der Waals surface area contributed by atoms with Crippen LogP contribution in [-0.4, -0.2) is 59.5 Å². The Hall–Kier alpha value is -2.20. The minimum atomic E-state index is -1.13. The van der Waals surface area contributed by atoms with Gasteiger partial charge in [-0.3, -0.25) is 14.4 Å².